The van der Waals surface area contributed by atoms with Crippen LogP contribution in [0.1, 0.15) is 86.1 Å². The molecule has 4 aliphatic rings. The van der Waals surface area contributed by atoms with Crippen molar-refractivity contribution < 1.29 is 13.3 Å². The minimum Gasteiger partial charge on any atom is -0.456 e. The lowest BCUT2D eigenvalue weighted by Crippen LogP contribution is -2.19. The molecule has 0 atom stereocenters. The van der Waals surface area contributed by atoms with E-state index in [0.29, 0.717) is 0 Å². The van der Waals surface area contributed by atoms with Crippen molar-refractivity contribution in [3.05, 3.63) is 257 Å². The molecule has 3 aromatic heterocycles. The van der Waals surface area contributed by atoms with Gasteiger partial charge in [-0.15, -0.1) is 0 Å². The topological polar surface area (TPSA) is 45.9 Å². The van der Waals surface area contributed by atoms with Crippen molar-refractivity contribution in [2.75, 3.05) is 9.80 Å². The van der Waals surface area contributed by atoms with Gasteiger partial charge in [-0.2, -0.15) is 0 Å². The first-order valence-corrected chi connectivity index (χ1v) is 27.9. The van der Waals surface area contributed by atoms with E-state index in [1.165, 1.54) is 66.6 Å². The predicted octanol–water partition coefficient (Wildman–Crippen LogP) is 20.7. The Bertz CT molecular complexity index is 4610. The molecule has 0 saturated carbocycles. The lowest BCUT2D eigenvalue weighted by Gasteiger charge is -2.32. The monoisotopic (exact) mass is 1020 g/mol. The quantitative estimate of drug-likeness (QED) is 0.152. The van der Waals surface area contributed by atoms with Crippen molar-refractivity contribution in [2.24, 2.45) is 0 Å². The first-order chi connectivity index (χ1) is 38.7. The van der Waals surface area contributed by atoms with Gasteiger partial charge in [0.05, 0.1) is 5.69 Å². The summed E-state index contributed by atoms with van der Waals surface area (Å²) < 4.78 is 20.9. The molecular weight excluding hydrogens is 965 g/mol. The number of nitrogens with zero attached hydrogens (tertiary/aromatic N) is 2. The highest BCUT2D eigenvalue weighted by Gasteiger charge is 2.52. The number of hydrogen-bond donors (Lipinski definition) is 0. The van der Waals surface area contributed by atoms with Crippen molar-refractivity contribution in [1.29, 1.82) is 0 Å². The van der Waals surface area contributed by atoms with E-state index in [0.717, 1.165) is 115 Å². The zero-order valence-corrected chi connectivity index (χ0v) is 44.7. The van der Waals surface area contributed by atoms with E-state index in [9.17, 15) is 0 Å². The number of aryl methyl sites for hydroxylation is 1. The number of hydrogen-bond acceptors (Lipinski definition) is 5. The van der Waals surface area contributed by atoms with Gasteiger partial charge in [-0.25, -0.2) is 0 Å². The van der Waals surface area contributed by atoms with Crippen LogP contribution in [-0.4, -0.2) is 0 Å². The lowest BCUT2D eigenvalue weighted by atomic mass is 9.73. The third-order valence-electron chi connectivity index (χ3n) is 17.7. The second kappa shape index (κ2) is 17.1. The maximum Gasteiger partial charge on any atom is 0.159 e. The summed E-state index contributed by atoms with van der Waals surface area (Å²) in [6.07, 6.45) is 12.8. The van der Waals surface area contributed by atoms with Gasteiger partial charge in [-0.05, 0) is 155 Å². The summed E-state index contributed by atoms with van der Waals surface area (Å²) in [4.78, 5) is 4.83. The highest BCUT2D eigenvalue weighted by atomic mass is 16.3. The van der Waals surface area contributed by atoms with Gasteiger partial charge in [0.1, 0.15) is 28.1 Å². The smallest absolute Gasteiger partial charge is 0.159 e. The van der Waals surface area contributed by atoms with Gasteiger partial charge in [0.15, 0.2) is 5.58 Å². The minimum atomic E-state index is -0.306. The zero-order chi connectivity index (χ0) is 52.7. The van der Waals surface area contributed by atoms with Crippen LogP contribution in [-0.2, 0) is 17.3 Å². The molecule has 5 nitrogen and oxygen atoms in total. The molecule has 9 aromatic carbocycles. The Hall–Kier alpha value is -9.32. The van der Waals surface area contributed by atoms with E-state index in [-0.39, 0.29) is 10.8 Å². The normalized spacial score (nSPS) is 15.9. The number of rotatable bonds is 8. The van der Waals surface area contributed by atoms with Gasteiger partial charge in [0.2, 0.25) is 0 Å². The first kappa shape index (κ1) is 45.8. The highest BCUT2D eigenvalue weighted by Crippen LogP contribution is 2.66. The van der Waals surface area contributed by atoms with Crippen LogP contribution in [0.2, 0.25) is 0 Å². The molecule has 3 heterocycles. The van der Waals surface area contributed by atoms with Crippen LogP contribution >= 0.6 is 0 Å². The van der Waals surface area contributed by atoms with Crippen molar-refractivity contribution in [3.63, 3.8) is 0 Å². The molecule has 0 saturated heterocycles. The SMILES string of the molecule is CC1(C)C2=C(c3c1ccc1oc4c(-c5cc(N(C6=CC=C(c7ccccc7)CC6)c6cccc7c6oc6ccccc67)cc(N(c6ccccc6)c6ccccc6)c5)cccc4c31)C(C)(C)c1c2ccc2oc3c(c12)CCC=C3. The maximum absolute atomic E-state index is 7.37. The molecule has 0 radical (unpaired) electrons. The zero-order valence-electron chi connectivity index (χ0n) is 44.7. The van der Waals surface area contributed by atoms with Crippen molar-refractivity contribution in [3.8, 4) is 11.1 Å². The fourth-order valence-electron chi connectivity index (χ4n) is 14.3. The number of para-hydroxylation sites is 5. The highest BCUT2D eigenvalue weighted by molar-refractivity contribution is 6.22. The lowest BCUT2D eigenvalue weighted by molar-refractivity contribution is 0.595. The van der Waals surface area contributed by atoms with Crippen molar-refractivity contribution in [1.82, 2.24) is 0 Å². The predicted molar refractivity (Wildman–Crippen MR) is 328 cm³/mol. The van der Waals surface area contributed by atoms with Crippen LogP contribution in [0.25, 0.3) is 88.8 Å². The van der Waals surface area contributed by atoms with Gasteiger partial charge in [0, 0.05) is 77.3 Å². The van der Waals surface area contributed by atoms with Crippen LogP contribution in [0.15, 0.2) is 231 Å². The molecule has 0 N–H and O–H groups in total. The molecule has 4 aliphatic carbocycles. The van der Waals surface area contributed by atoms with Gasteiger partial charge >= 0.3 is 0 Å². The minimum absolute atomic E-state index is 0.251. The van der Waals surface area contributed by atoms with Crippen LogP contribution < -0.4 is 9.80 Å². The molecule has 12 aromatic rings. The molecule has 79 heavy (non-hydrogen) atoms. The Morgan fingerprint density at radius 1 is 0.443 bits per heavy atom. The van der Waals surface area contributed by atoms with E-state index >= 15 is 0 Å². The fraction of sp³-hybridized carbons (Fsp3) is 0.135. The van der Waals surface area contributed by atoms with E-state index < -0.39 is 0 Å². The van der Waals surface area contributed by atoms with E-state index in [4.69, 9.17) is 13.3 Å². The Kier molecular flexibility index (Phi) is 9.92. The largest absolute Gasteiger partial charge is 0.456 e. The Balaban J connectivity index is 0.943. The molecular formula is C74H56N2O3. The van der Waals surface area contributed by atoms with Crippen LogP contribution in [0.5, 0.6) is 0 Å². The molecule has 0 unspecified atom stereocenters. The number of benzene rings is 9. The van der Waals surface area contributed by atoms with E-state index in [1.54, 1.807) is 0 Å². The summed E-state index contributed by atoms with van der Waals surface area (Å²) in [6.45, 7) is 9.73. The second-order valence-corrected chi connectivity index (χ2v) is 22.9. The first-order valence-electron chi connectivity index (χ1n) is 27.9. The van der Waals surface area contributed by atoms with Crippen LogP contribution in [0, 0.1) is 0 Å². The number of furan rings is 3. The summed E-state index contributed by atoms with van der Waals surface area (Å²) in [7, 11) is 0. The molecule has 380 valence electrons. The van der Waals surface area contributed by atoms with Crippen LogP contribution in [0.4, 0.5) is 28.4 Å². The summed E-state index contributed by atoms with van der Waals surface area (Å²) in [5, 5.41) is 5.78. The Morgan fingerprint density at radius 2 is 1.11 bits per heavy atom. The average molecular weight is 1020 g/mol. The van der Waals surface area contributed by atoms with E-state index in [1.807, 2.05) is 0 Å². The standard InChI is InChI=1S/C74H56N2O3/c1-73(2)59-39-41-63-65(67(59)70-69(73)58-38-40-64-66(68(58)74(70,3)4)56-27-15-17-33-62(56)77-64)57-30-18-28-53(71(57)79-63)47-42-51(75(48-22-10-6-11-23-48)49-24-12-7-13-25-49)44-52(43-47)76(50-36-34-46(35-37-50)45-20-8-5-9-21-45)60-31-19-29-55-54-26-14-16-32-61(54)78-72(55)60/h5-14,16-26,28-34,36,38-44H,15,27,35,37H2,1-4H3. The Morgan fingerprint density at radius 3 is 1.89 bits per heavy atom. The van der Waals surface area contributed by atoms with Crippen molar-refractivity contribution in [2.45, 2.75) is 64.2 Å². The number of fused-ring (bicyclic) bond motifs is 15. The molecule has 0 fully saturated rings. The molecule has 0 amide bonds. The average Bonchev–Trinajstić information content (AvgIpc) is 3.69. The van der Waals surface area contributed by atoms with Gasteiger partial charge in [-0.3, -0.25) is 0 Å². The summed E-state index contributed by atoms with van der Waals surface area (Å²) >= 11 is 0. The third-order valence-corrected chi connectivity index (χ3v) is 17.7. The number of allylic oxidation sites excluding steroid dienone is 7. The summed E-state index contributed by atoms with van der Waals surface area (Å²) in [5.74, 6) is 1.01. The summed E-state index contributed by atoms with van der Waals surface area (Å²) in [6, 6.07) is 70.2. The van der Waals surface area contributed by atoms with Gasteiger partial charge in [-0.1, -0.05) is 167 Å². The Labute approximate surface area is 459 Å². The maximum atomic E-state index is 7.37. The number of anilines is 5. The van der Waals surface area contributed by atoms with E-state index in [2.05, 4.69) is 256 Å². The molecule has 0 aliphatic heterocycles. The van der Waals surface area contributed by atoms with Gasteiger partial charge < -0.3 is 23.1 Å². The van der Waals surface area contributed by atoms with Crippen LogP contribution in [0.3, 0.4) is 0 Å². The fourth-order valence-corrected chi connectivity index (χ4v) is 14.3. The van der Waals surface area contributed by atoms with Gasteiger partial charge in [0.25, 0.3) is 0 Å². The molecule has 16 rings (SSSR count). The third kappa shape index (κ3) is 6.75. The molecule has 0 spiro atoms. The summed E-state index contributed by atoms with van der Waals surface area (Å²) in [5.41, 5.74) is 24.4. The molecule has 0 bridgehead atoms. The second-order valence-electron chi connectivity index (χ2n) is 22.9. The van der Waals surface area contributed by atoms with Crippen molar-refractivity contribution >= 4 is 106 Å². The molecule has 5 heteroatoms.